The van der Waals surface area contributed by atoms with Crippen LogP contribution in [0.2, 0.25) is 5.02 Å². The van der Waals surface area contributed by atoms with Crippen molar-refractivity contribution in [1.29, 1.82) is 0 Å². The normalized spacial score (nSPS) is 20.9. The Labute approximate surface area is 88.7 Å². The van der Waals surface area contributed by atoms with E-state index in [1.807, 2.05) is 6.92 Å². The summed E-state index contributed by atoms with van der Waals surface area (Å²) in [6.45, 7) is 4.82. The van der Waals surface area contributed by atoms with Gasteiger partial charge in [0.25, 0.3) is 0 Å². The van der Waals surface area contributed by atoms with Gasteiger partial charge < -0.3 is 5.11 Å². The van der Waals surface area contributed by atoms with Gasteiger partial charge in [-0.1, -0.05) is 18.5 Å². The molecule has 1 unspecified atom stereocenters. The standard InChI is InChI=1S/C10H15ClN2O/c1-3-13-8(7(11)6-12-13)9(14)10(2)4-5-10/h6,9,14H,3-5H2,1-2H3. The molecular weight excluding hydrogens is 200 g/mol. The van der Waals surface area contributed by atoms with Gasteiger partial charge in [0.15, 0.2) is 0 Å². The number of rotatable bonds is 3. The average molecular weight is 215 g/mol. The predicted octanol–water partition coefficient (Wildman–Crippen LogP) is 2.39. The van der Waals surface area contributed by atoms with E-state index in [0.717, 1.165) is 25.1 Å². The maximum absolute atomic E-state index is 10.2. The fourth-order valence-electron chi connectivity index (χ4n) is 1.70. The van der Waals surface area contributed by atoms with Crippen LogP contribution >= 0.6 is 11.6 Å². The van der Waals surface area contributed by atoms with Gasteiger partial charge in [-0.15, -0.1) is 0 Å². The molecule has 1 atom stereocenters. The first-order chi connectivity index (χ1) is 6.58. The molecule has 0 bridgehead atoms. The molecule has 0 radical (unpaired) electrons. The third kappa shape index (κ3) is 1.44. The van der Waals surface area contributed by atoms with E-state index in [1.54, 1.807) is 10.9 Å². The summed E-state index contributed by atoms with van der Waals surface area (Å²) in [6, 6.07) is 0. The number of aromatic nitrogens is 2. The Kier molecular flexibility index (Phi) is 2.32. The van der Waals surface area contributed by atoms with Gasteiger partial charge in [-0.25, -0.2) is 0 Å². The summed E-state index contributed by atoms with van der Waals surface area (Å²) in [5.41, 5.74) is 0.797. The van der Waals surface area contributed by atoms with Crippen LogP contribution < -0.4 is 0 Å². The number of aryl methyl sites for hydroxylation is 1. The second-order valence-corrected chi connectivity index (χ2v) is 4.66. The lowest BCUT2D eigenvalue weighted by Crippen LogP contribution is -2.15. The van der Waals surface area contributed by atoms with Crippen molar-refractivity contribution < 1.29 is 5.11 Å². The van der Waals surface area contributed by atoms with Crippen LogP contribution in [0.25, 0.3) is 0 Å². The Morgan fingerprint density at radius 2 is 2.36 bits per heavy atom. The van der Waals surface area contributed by atoms with Crippen LogP contribution in [-0.2, 0) is 6.54 Å². The Balaban J connectivity index is 2.34. The predicted molar refractivity (Wildman–Crippen MR) is 55.2 cm³/mol. The number of nitrogens with zero attached hydrogens (tertiary/aromatic N) is 2. The van der Waals surface area contributed by atoms with Gasteiger partial charge in [-0.2, -0.15) is 5.10 Å². The Morgan fingerprint density at radius 3 is 2.86 bits per heavy atom. The molecule has 1 heterocycles. The molecule has 0 aromatic carbocycles. The van der Waals surface area contributed by atoms with Crippen molar-refractivity contribution in [3.8, 4) is 0 Å². The molecule has 1 fully saturated rings. The zero-order valence-corrected chi connectivity index (χ0v) is 9.25. The molecule has 4 heteroatoms. The lowest BCUT2D eigenvalue weighted by Gasteiger charge is -2.19. The molecule has 14 heavy (non-hydrogen) atoms. The van der Waals surface area contributed by atoms with Crippen molar-refractivity contribution in [3.05, 3.63) is 16.9 Å². The minimum Gasteiger partial charge on any atom is -0.386 e. The van der Waals surface area contributed by atoms with E-state index in [2.05, 4.69) is 12.0 Å². The molecule has 0 saturated heterocycles. The minimum atomic E-state index is -0.475. The van der Waals surface area contributed by atoms with Crippen LogP contribution in [0.4, 0.5) is 0 Å². The van der Waals surface area contributed by atoms with E-state index in [9.17, 15) is 5.11 Å². The summed E-state index contributed by atoms with van der Waals surface area (Å²) < 4.78 is 1.77. The number of hydrogen-bond acceptors (Lipinski definition) is 2. The lowest BCUT2D eigenvalue weighted by molar-refractivity contribution is 0.0944. The molecule has 1 aromatic rings. The first-order valence-electron chi connectivity index (χ1n) is 4.98. The molecule has 1 aliphatic carbocycles. The highest BCUT2D eigenvalue weighted by molar-refractivity contribution is 6.31. The minimum absolute atomic E-state index is 0.0244. The Morgan fingerprint density at radius 1 is 1.71 bits per heavy atom. The van der Waals surface area contributed by atoms with Gasteiger partial charge >= 0.3 is 0 Å². The SMILES string of the molecule is CCn1ncc(Cl)c1C(O)C1(C)CC1. The first-order valence-corrected chi connectivity index (χ1v) is 5.35. The molecule has 78 valence electrons. The molecule has 1 N–H and O–H groups in total. The molecule has 1 aromatic heterocycles. The molecule has 2 rings (SSSR count). The molecule has 0 spiro atoms. The van der Waals surface area contributed by atoms with E-state index in [4.69, 9.17) is 11.6 Å². The quantitative estimate of drug-likeness (QED) is 0.839. The van der Waals surface area contributed by atoms with E-state index >= 15 is 0 Å². The van der Waals surface area contributed by atoms with Gasteiger partial charge in [-0.3, -0.25) is 4.68 Å². The van der Waals surface area contributed by atoms with Crippen LogP contribution in [0.15, 0.2) is 6.20 Å². The molecule has 1 aliphatic rings. The van der Waals surface area contributed by atoms with E-state index in [-0.39, 0.29) is 5.41 Å². The number of halogens is 1. The summed E-state index contributed by atoms with van der Waals surface area (Å²) in [5.74, 6) is 0. The highest BCUT2D eigenvalue weighted by Gasteiger charge is 2.46. The molecule has 3 nitrogen and oxygen atoms in total. The van der Waals surface area contributed by atoms with Crippen LogP contribution in [0.5, 0.6) is 0 Å². The maximum Gasteiger partial charge on any atom is 0.102 e. The van der Waals surface area contributed by atoms with Gasteiger partial charge in [0.2, 0.25) is 0 Å². The fraction of sp³-hybridized carbons (Fsp3) is 0.700. The first kappa shape index (κ1) is 9.99. The topological polar surface area (TPSA) is 38.0 Å². The van der Waals surface area contributed by atoms with E-state index in [1.165, 1.54) is 0 Å². The second kappa shape index (κ2) is 3.24. The van der Waals surface area contributed by atoms with Crippen molar-refractivity contribution >= 4 is 11.6 Å². The van der Waals surface area contributed by atoms with E-state index in [0.29, 0.717) is 5.02 Å². The van der Waals surface area contributed by atoms with Crippen molar-refractivity contribution in [2.45, 2.75) is 39.3 Å². The zero-order chi connectivity index (χ0) is 10.3. The summed E-state index contributed by atoms with van der Waals surface area (Å²) in [4.78, 5) is 0. The number of aliphatic hydroxyl groups excluding tert-OH is 1. The zero-order valence-electron chi connectivity index (χ0n) is 8.50. The largest absolute Gasteiger partial charge is 0.386 e. The smallest absolute Gasteiger partial charge is 0.102 e. The summed E-state index contributed by atoms with van der Waals surface area (Å²) in [6.07, 6.45) is 3.27. The fourth-order valence-corrected chi connectivity index (χ4v) is 1.94. The molecular formula is C10H15ClN2O. The Bertz CT molecular complexity index is 344. The van der Waals surface area contributed by atoms with E-state index < -0.39 is 6.10 Å². The Hall–Kier alpha value is -0.540. The van der Waals surface area contributed by atoms with Crippen molar-refractivity contribution in [2.24, 2.45) is 5.41 Å². The monoisotopic (exact) mass is 214 g/mol. The highest BCUT2D eigenvalue weighted by Crippen LogP contribution is 2.55. The van der Waals surface area contributed by atoms with Crippen LogP contribution in [0, 0.1) is 5.41 Å². The third-order valence-corrected chi connectivity index (χ3v) is 3.38. The van der Waals surface area contributed by atoms with Crippen LogP contribution in [0.1, 0.15) is 38.5 Å². The number of hydrogen-bond donors (Lipinski definition) is 1. The van der Waals surface area contributed by atoms with Gasteiger partial charge in [0.1, 0.15) is 6.10 Å². The third-order valence-electron chi connectivity index (χ3n) is 3.09. The summed E-state index contributed by atoms with van der Waals surface area (Å²) in [5, 5.41) is 14.9. The maximum atomic E-state index is 10.2. The summed E-state index contributed by atoms with van der Waals surface area (Å²) >= 11 is 6.01. The van der Waals surface area contributed by atoms with Crippen molar-refractivity contribution in [1.82, 2.24) is 9.78 Å². The average Bonchev–Trinajstić information content (AvgIpc) is 2.79. The van der Waals surface area contributed by atoms with Crippen LogP contribution in [-0.4, -0.2) is 14.9 Å². The van der Waals surface area contributed by atoms with Gasteiger partial charge in [0.05, 0.1) is 16.9 Å². The molecule has 0 aliphatic heterocycles. The van der Waals surface area contributed by atoms with Gasteiger partial charge in [-0.05, 0) is 25.2 Å². The number of aliphatic hydroxyl groups is 1. The molecule has 1 saturated carbocycles. The van der Waals surface area contributed by atoms with Crippen molar-refractivity contribution in [3.63, 3.8) is 0 Å². The highest BCUT2D eigenvalue weighted by atomic mass is 35.5. The summed E-state index contributed by atoms with van der Waals surface area (Å²) in [7, 11) is 0. The second-order valence-electron chi connectivity index (χ2n) is 4.25. The van der Waals surface area contributed by atoms with Gasteiger partial charge in [0, 0.05) is 6.54 Å². The van der Waals surface area contributed by atoms with Crippen LogP contribution in [0.3, 0.4) is 0 Å². The lowest BCUT2D eigenvalue weighted by atomic mass is 9.99. The molecule has 0 amide bonds. The van der Waals surface area contributed by atoms with Crippen molar-refractivity contribution in [2.75, 3.05) is 0 Å².